The van der Waals surface area contributed by atoms with Crippen LogP contribution in [-0.2, 0) is 13.0 Å². The third-order valence-electron chi connectivity index (χ3n) is 6.15. The van der Waals surface area contributed by atoms with E-state index in [1.807, 2.05) is 6.07 Å². The van der Waals surface area contributed by atoms with Gasteiger partial charge in [0, 0.05) is 23.5 Å². The van der Waals surface area contributed by atoms with E-state index >= 15 is 0 Å². The van der Waals surface area contributed by atoms with Crippen molar-refractivity contribution in [1.29, 1.82) is 0 Å². The summed E-state index contributed by atoms with van der Waals surface area (Å²) in [7, 11) is 0. The molecular formula is C30H32N2O3. The molecule has 0 aliphatic rings. The first-order valence-electron chi connectivity index (χ1n) is 11.9. The first-order chi connectivity index (χ1) is 17.0. The van der Waals surface area contributed by atoms with Crippen LogP contribution in [0, 0.1) is 6.92 Å². The topological polar surface area (TPSA) is 84.8 Å². The second kappa shape index (κ2) is 11.7. The quantitative estimate of drug-likeness (QED) is 0.199. The standard InChI is InChI=1S/C30H32N2O3/c1-21-7-11-27(18-28(21)23-5-3-2-4-6-23)32-26-12-8-22(9-13-26)15-16-31-19-30(35)24-10-14-29(34)25(17-24)20-33/h2-14,17-18,30-35H,15-16,19-20H2,1H3. The number of anilines is 2. The van der Waals surface area contributed by atoms with Gasteiger partial charge in [0.05, 0.1) is 12.7 Å². The first-order valence-corrected chi connectivity index (χ1v) is 11.9. The van der Waals surface area contributed by atoms with E-state index in [9.17, 15) is 15.3 Å². The van der Waals surface area contributed by atoms with E-state index in [4.69, 9.17) is 0 Å². The van der Waals surface area contributed by atoms with Crippen molar-refractivity contribution in [2.45, 2.75) is 26.1 Å². The van der Waals surface area contributed by atoms with E-state index in [1.165, 1.54) is 28.3 Å². The molecule has 4 aromatic rings. The summed E-state index contributed by atoms with van der Waals surface area (Å²) in [6.07, 6.45) is 0.135. The molecule has 0 bridgehead atoms. The Hall–Kier alpha value is -3.64. The van der Waals surface area contributed by atoms with Gasteiger partial charge in [-0.15, -0.1) is 0 Å². The average molecular weight is 469 g/mol. The van der Waals surface area contributed by atoms with Gasteiger partial charge in [-0.3, -0.25) is 0 Å². The van der Waals surface area contributed by atoms with Gasteiger partial charge >= 0.3 is 0 Å². The molecule has 0 heterocycles. The van der Waals surface area contributed by atoms with Gasteiger partial charge in [-0.05, 0) is 84.1 Å². The Morgan fingerprint density at radius 3 is 2.31 bits per heavy atom. The predicted molar refractivity (Wildman–Crippen MR) is 142 cm³/mol. The zero-order valence-electron chi connectivity index (χ0n) is 19.9. The molecule has 0 saturated carbocycles. The molecule has 4 aromatic carbocycles. The van der Waals surface area contributed by atoms with Crippen LogP contribution in [-0.4, -0.2) is 28.4 Å². The molecule has 1 atom stereocenters. The van der Waals surface area contributed by atoms with E-state index in [0.717, 1.165) is 24.3 Å². The number of phenols is 1. The summed E-state index contributed by atoms with van der Waals surface area (Å²) in [5.74, 6) is 0.0355. The molecule has 0 aliphatic carbocycles. The Morgan fingerprint density at radius 1 is 0.829 bits per heavy atom. The molecule has 1 unspecified atom stereocenters. The third kappa shape index (κ3) is 6.49. The van der Waals surface area contributed by atoms with Crippen molar-refractivity contribution in [3.63, 3.8) is 0 Å². The highest BCUT2D eigenvalue weighted by Crippen LogP contribution is 2.28. The van der Waals surface area contributed by atoms with E-state index in [2.05, 4.69) is 84.3 Å². The van der Waals surface area contributed by atoms with Crippen molar-refractivity contribution in [2.24, 2.45) is 0 Å². The smallest absolute Gasteiger partial charge is 0.121 e. The normalized spacial score (nSPS) is 11.9. The summed E-state index contributed by atoms with van der Waals surface area (Å²) in [6, 6.07) is 30.0. The Balaban J connectivity index is 1.28. The van der Waals surface area contributed by atoms with Gasteiger partial charge in [-0.25, -0.2) is 0 Å². The SMILES string of the molecule is Cc1ccc(Nc2ccc(CCNCC(O)c3ccc(O)c(CO)c3)cc2)cc1-c1ccccc1. The van der Waals surface area contributed by atoms with Crippen LogP contribution < -0.4 is 10.6 Å². The van der Waals surface area contributed by atoms with E-state index in [0.29, 0.717) is 17.7 Å². The van der Waals surface area contributed by atoms with Crippen molar-refractivity contribution in [3.05, 3.63) is 113 Å². The molecule has 0 aromatic heterocycles. The Labute approximate surface area is 206 Å². The van der Waals surface area contributed by atoms with Gasteiger partial charge in [0.15, 0.2) is 0 Å². The van der Waals surface area contributed by atoms with Crippen LogP contribution in [0.15, 0.2) is 91.0 Å². The molecule has 0 aliphatic heterocycles. The minimum Gasteiger partial charge on any atom is -0.508 e. The molecule has 0 fully saturated rings. The lowest BCUT2D eigenvalue weighted by Crippen LogP contribution is -2.23. The number of aliphatic hydroxyl groups is 2. The molecule has 0 amide bonds. The summed E-state index contributed by atoms with van der Waals surface area (Å²) >= 11 is 0. The van der Waals surface area contributed by atoms with Crippen molar-refractivity contribution >= 4 is 11.4 Å². The van der Waals surface area contributed by atoms with Crippen molar-refractivity contribution in [1.82, 2.24) is 5.32 Å². The molecule has 0 radical (unpaired) electrons. The van der Waals surface area contributed by atoms with Crippen LogP contribution in [0.3, 0.4) is 0 Å². The number of hydrogen-bond acceptors (Lipinski definition) is 5. The van der Waals surface area contributed by atoms with Crippen molar-refractivity contribution < 1.29 is 15.3 Å². The molecule has 5 N–H and O–H groups in total. The Morgan fingerprint density at radius 2 is 1.57 bits per heavy atom. The number of rotatable bonds is 10. The lowest BCUT2D eigenvalue weighted by Gasteiger charge is -2.14. The van der Waals surface area contributed by atoms with Crippen LogP contribution in [0.2, 0.25) is 0 Å². The van der Waals surface area contributed by atoms with Gasteiger partial charge in [-0.1, -0.05) is 54.6 Å². The summed E-state index contributed by atoms with van der Waals surface area (Å²) in [5, 5.41) is 36.1. The fraction of sp³-hybridized carbons (Fsp3) is 0.200. The van der Waals surface area contributed by atoms with Crippen LogP contribution in [0.5, 0.6) is 5.75 Å². The summed E-state index contributed by atoms with van der Waals surface area (Å²) < 4.78 is 0. The summed E-state index contributed by atoms with van der Waals surface area (Å²) in [4.78, 5) is 0. The molecule has 0 saturated heterocycles. The summed E-state index contributed by atoms with van der Waals surface area (Å²) in [5.41, 5.74) is 8.05. The highest BCUT2D eigenvalue weighted by Gasteiger charge is 2.10. The largest absolute Gasteiger partial charge is 0.508 e. The molecule has 180 valence electrons. The Bertz CT molecular complexity index is 1240. The number of nitrogens with one attached hydrogen (secondary N) is 2. The minimum atomic E-state index is -0.706. The molecule has 4 rings (SSSR count). The number of hydrogen-bond donors (Lipinski definition) is 5. The second-order valence-electron chi connectivity index (χ2n) is 8.73. The first kappa shape index (κ1) is 24.5. The second-order valence-corrected chi connectivity index (χ2v) is 8.73. The highest BCUT2D eigenvalue weighted by atomic mass is 16.3. The van der Waals surface area contributed by atoms with Crippen LogP contribution in [0.4, 0.5) is 11.4 Å². The lowest BCUT2D eigenvalue weighted by atomic mass is 10.00. The zero-order valence-corrected chi connectivity index (χ0v) is 19.9. The van der Waals surface area contributed by atoms with Crippen LogP contribution in [0.1, 0.15) is 28.4 Å². The maximum atomic E-state index is 10.4. The highest BCUT2D eigenvalue weighted by molar-refractivity contribution is 5.73. The van der Waals surface area contributed by atoms with Crippen LogP contribution >= 0.6 is 0 Å². The fourth-order valence-corrected chi connectivity index (χ4v) is 4.08. The van der Waals surface area contributed by atoms with Gasteiger partial charge in [0.1, 0.15) is 5.75 Å². The summed E-state index contributed by atoms with van der Waals surface area (Å²) in [6.45, 7) is 2.99. The van der Waals surface area contributed by atoms with Crippen LogP contribution in [0.25, 0.3) is 11.1 Å². The minimum absolute atomic E-state index is 0.0355. The monoisotopic (exact) mass is 468 g/mol. The average Bonchev–Trinajstić information content (AvgIpc) is 2.89. The maximum absolute atomic E-state index is 10.4. The van der Waals surface area contributed by atoms with Gasteiger partial charge < -0.3 is 26.0 Å². The predicted octanol–water partition coefficient (Wildman–Crippen LogP) is 5.47. The third-order valence-corrected chi connectivity index (χ3v) is 6.15. The molecular weight excluding hydrogens is 436 g/mol. The molecule has 5 nitrogen and oxygen atoms in total. The van der Waals surface area contributed by atoms with Crippen molar-refractivity contribution in [3.8, 4) is 16.9 Å². The van der Waals surface area contributed by atoms with E-state index in [1.54, 1.807) is 12.1 Å². The maximum Gasteiger partial charge on any atom is 0.121 e. The molecule has 5 heteroatoms. The molecule has 0 spiro atoms. The van der Waals surface area contributed by atoms with Crippen molar-refractivity contribution in [2.75, 3.05) is 18.4 Å². The van der Waals surface area contributed by atoms with E-state index < -0.39 is 6.10 Å². The number of aryl methyl sites for hydroxylation is 1. The number of benzene rings is 4. The Kier molecular flexibility index (Phi) is 8.16. The van der Waals surface area contributed by atoms with Gasteiger partial charge in [0.25, 0.3) is 0 Å². The zero-order chi connectivity index (χ0) is 24.6. The number of aromatic hydroxyl groups is 1. The van der Waals surface area contributed by atoms with Gasteiger partial charge in [-0.2, -0.15) is 0 Å². The lowest BCUT2D eigenvalue weighted by molar-refractivity contribution is 0.174. The van der Waals surface area contributed by atoms with Gasteiger partial charge in [0.2, 0.25) is 0 Å². The number of aliphatic hydroxyl groups excluding tert-OH is 2. The van der Waals surface area contributed by atoms with E-state index in [-0.39, 0.29) is 12.4 Å². The molecule has 35 heavy (non-hydrogen) atoms. The fourth-order valence-electron chi connectivity index (χ4n) is 4.08.